The number of nitrogens with one attached hydrogen (secondary N) is 1. The number of phenols is 1. The summed E-state index contributed by atoms with van der Waals surface area (Å²) in [5.74, 6) is 0.712. The first kappa shape index (κ1) is 15.9. The van der Waals surface area contributed by atoms with Gasteiger partial charge in [-0.1, -0.05) is 23.9 Å². The SMILES string of the molecule is COc1ccc(C2NC(=O)c3cc(O)ccc3S2)cc1.[W]. The topological polar surface area (TPSA) is 58.6 Å². The van der Waals surface area contributed by atoms with E-state index in [-0.39, 0.29) is 38.1 Å². The van der Waals surface area contributed by atoms with Crippen molar-refractivity contribution in [3.63, 3.8) is 0 Å². The summed E-state index contributed by atoms with van der Waals surface area (Å²) >= 11 is 1.55. The number of hydrogen-bond donors (Lipinski definition) is 2. The molecule has 0 fully saturated rings. The zero-order valence-electron chi connectivity index (χ0n) is 11.2. The summed E-state index contributed by atoms with van der Waals surface area (Å²) in [4.78, 5) is 13.0. The predicted molar refractivity (Wildman–Crippen MR) is 77.2 cm³/mol. The molecule has 2 N–H and O–H groups in total. The number of thioether (sulfide) groups is 1. The van der Waals surface area contributed by atoms with Crippen molar-refractivity contribution in [3.8, 4) is 11.5 Å². The second-order valence-electron chi connectivity index (χ2n) is 4.42. The van der Waals surface area contributed by atoms with Crippen LogP contribution in [0.25, 0.3) is 0 Å². The minimum Gasteiger partial charge on any atom is -0.508 e. The van der Waals surface area contributed by atoms with Crippen molar-refractivity contribution in [1.82, 2.24) is 5.32 Å². The van der Waals surface area contributed by atoms with Gasteiger partial charge >= 0.3 is 0 Å². The Labute approximate surface area is 141 Å². The van der Waals surface area contributed by atoms with Crippen molar-refractivity contribution >= 4 is 17.7 Å². The summed E-state index contributed by atoms with van der Waals surface area (Å²) in [7, 11) is 1.62. The fourth-order valence-corrected chi connectivity index (χ4v) is 3.22. The number of fused-ring (bicyclic) bond motifs is 1. The smallest absolute Gasteiger partial charge is 0.253 e. The maximum atomic E-state index is 12.1. The fourth-order valence-electron chi connectivity index (χ4n) is 2.08. The average Bonchev–Trinajstić information content (AvgIpc) is 2.48. The monoisotopic (exact) mass is 471 g/mol. The first-order chi connectivity index (χ1) is 9.67. The van der Waals surface area contributed by atoms with Crippen LogP contribution in [0, 0.1) is 0 Å². The van der Waals surface area contributed by atoms with E-state index in [1.165, 1.54) is 6.07 Å². The molecule has 21 heavy (non-hydrogen) atoms. The van der Waals surface area contributed by atoms with E-state index in [1.54, 1.807) is 31.0 Å². The maximum Gasteiger partial charge on any atom is 0.253 e. The second kappa shape index (κ2) is 6.54. The minimum atomic E-state index is -0.171. The number of rotatable bonds is 2. The molecule has 0 aliphatic carbocycles. The molecule has 0 spiro atoms. The number of benzene rings is 2. The van der Waals surface area contributed by atoms with Gasteiger partial charge in [-0.3, -0.25) is 4.79 Å². The first-order valence-electron chi connectivity index (χ1n) is 6.12. The molecule has 4 nitrogen and oxygen atoms in total. The van der Waals surface area contributed by atoms with Crippen molar-refractivity contribution in [2.75, 3.05) is 7.11 Å². The van der Waals surface area contributed by atoms with E-state index < -0.39 is 0 Å². The normalized spacial score (nSPS) is 16.4. The molecule has 6 heteroatoms. The minimum absolute atomic E-state index is 0. The third kappa shape index (κ3) is 3.25. The molecule has 0 saturated heterocycles. The van der Waals surface area contributed by atoms with E-state index in [1.807, 2.05) is 24.3 Å². The Hall–Kier alpha value is -1.45. The third-order valence-electron chi connectivity index (χ3n) is 3.13. The van der Waals surface area contributed by atoms with Gasteiger partial charge in [0, 0.05) is 26.0 Å². The number of phenolic OH excluding ortho intramolecular Hbond substituents is 1. The van der Waals surface area contributed by atoms with Crippen LogP contribution in [0.4, 0.5) is 0 Å². The summed E-state index contributed by atoms with van der Waals surface area (Å²) < 4.78 is 5.13. The molecule has 0 saturated carbocycles. The number of methoxy groups -OCH3 is 1. The van der Waals surface area contributed by atoms with E-state index in [4.69, 9.17) is 4.74 Å². The number of amides is 1. The summed E-state index contributed by atoms with van der Waals surface area (Å²) in [6.45, 7) is 0. The number of ether oxygens (including phenoxy) is 1. The van der Waals surface area contributed by atoms with Crippen LogP contribution in [0.5, 0.6) is 11.5 Å². The van der Waals surface area contributed by atoms with E-state index >= 15 is 0 Å². The Morgan fingerprint density at radius 1 is 1.19 bits per heavy atom. The van der Waals surface area contributed by atoms with Crippen molar-refractivity contribution in [2.24, 2.45) is 0 Å². The van der Waals surface area contributed by atoms with Gasteiger partial charge in [-0.2, -0.15) is 0 Å². The third-order valence-corrected chi connectivity index (χ3v) is 4.37. The second-order valence-corrected chi connectivity index (χ2v) is 5.57. The molecule has 1 amide bonds. The van der Waals surface area contributed by atoms with Crippen molar-refractivity contribution in [2.45, 2.75) is 10.3 Å². The molecule has 1 heterocycles. The van der Waals surface area contributed by atoms with E-state index in [0.717, 1.165) is 16.2 Å². The number of carbonyl (C=O) groups is 1. The predicted octanol–water partition coefficient (Wildman–Crippen LogP) is 2.93. The summed E-state index contributed by atoms with van der Waals surface area (Å²) in [5, 5.41) is 12.2. The van der Waals surface area contributed by atoms with Gasteiger partial charge in [0.05, 0.1) is 12.7 Å². The van der Waals surface area contributed by atoms with Gasteiger partial charge in [-0.05, 0) is 35.9 Å². The molecule has 0 aromatic heterocycles. The van der Waals surface area contributed by atoms with Gasteiger partial charge in [0.15, 0.2) is 0 Å². The van der Waals surface area contributed by atoms with Gasteiger partial charge < -0.3 is 15.2 Å². The molecule has 2 aromatic rings. The molecule has 1 aliphatic rings. The Morgan fingerprint density at radius 3 is 2.57 bits per heavy atom. The van der Waals surface area contributed by atoms with Crippen molar-refractivity contribution in [3.05, 3.63) is 53.6 Å². The molecule has 2 aromatic carbocycles. The Morgan fingerprint density at radius 2 is 1.90 bits per heavy atom. The number of aromatic hydroxyl groups is 1. The van der Waals surface area contributed by atoms with Gasteiger partial charge in [0.25, 0.3) is 5.91 Å². The number of carbonyl (C=O) groups excluding carboxylic acids is 1. The number of hydrogen-bond acceptors (Lipinski definition) is 4. The van der Waals surface area contributed by atoms with E-state index in [9.17, 15) is 9.90 Å². The van der Waals surface area contributed by atoms with Crippen molar-refractivity contribution in [1.29, 1.82) is 0 Å². The molecule has 1 aliphatic heterocycles. The van der Waals surface area contributed by atoms with E-state index in [2.05, 4.69) is 5.32 Å². The van der Waals surface area contributed by atoms with Gasteiger partial charge in [0.1, 0.15) is 16.9 Å². The van der Waals surface area contributed by atoms with Crippen LogP contribution in [-0.2, 0) is 21.1 Å². The van der Waals surface area contributed by atoms with Crippen LogP contribution in [0.15, 0.2) is 47.4 Å². The molecular formula is C15H13NO3SW. The molecule has 1 unspecified atom stereocenters. The van der Waals surface area contributed by atoms with Crippen LogP contribution in [-0.4, -0.2) is 18.1 Å². The Balaban J connectivity index is 0.00000161. The van der Waals surface area contributed by atoms with Gasteiger partial charge in [-0.15, -0.1) is 0 Å². The molecule has 0 bridgehead atoms. The molecule has 108 valence electrons. The summed E-state index contributed by atoms with van der Waals surface area (Å²) in [5.41, 5.74) is 1.52. The average molecular weight is 471 g/mol. The summed E-state index contributed by atoms with van der Waals surface area (Å²) in [6.07, 6.45) is 0. The standard InChI is InChI=1S/C15H13NO3S.W/c1-19-11-5-2-9(3-6-11)15-16-14(18)12-8-10(17)4-7-13(12)20-15;/h2-8,15,17H,1H3,(H,16,18);. The molecule has 0 radical (unpaired) electrons. The Bertz CT molecular complexity index is 660. The van der Waals surface area contributed by atoms with Crippen LogP contribution in [0.2, 0.25) is 0 Å². The fraction of sp³-hybridized carbons (Fsp3) is 0.133. The largest absolute Gasteiger partial charge is 0.508 e. The van der Waals surface area contributed by atoms with Crippen LogP contribution in [0.1, 0.15) is 21.3 Å². The maximum absolute atomic E-state index is 12.1. The van der Waals surface area contributed by atoms with Gasteiger partial charge in [-0.25, -0.2) is 0 Å². The van der Waals surface area contributed by atoms with Crippen molar-refractivity contribution < 1.29 is 35.7 Å². The Kier molecular flexibility index (Phi) is 4.96. The quantitative estimate of drug-likeness (QED) is 0.708. The zero-order valence-corrected chi connectivity index (χ0v) is 14.9. The molecule has 1 atom stereocenters. The molecule has 3 rings (SSSR count). The van der Waals surface area contributed by atoms with E-state index in [0.29, 0.717) is 5.56 Å². The van der Waals surface area contributed by atoms with Crippen LogP contribution in [0.3, 0.4) is 0 Å². The zero-order chi connectivity index (χ0) is 14.1. The van der Waals surface area contributed by atoms with Crippen LogP contribution >= 0.6 is 11.8 Å². The van der Waals surface area contributed by atoms with Gasteiger partial charge in [0.2, 0.25) is 0 Å². The summed E-state index contributed by atoms with van der Waals surface area (Å²) in [6, 6.07) is 12.5. The first-order valence-corrected chi connectivity index (χ1v) is 7.00. The molecular weight excluding hydrogens is 458 g/mol. The van der Waals surface area contributed by atoms with Crippen LogP contribution < -0.4 is 10.1 Å².